The molecule has 0 unspecified atom stereocenters. The number of amides is 1. The Morgan fingerprint density at radius 1 is 1.33 bits per heavy atom. The normalized spacial score (nSPS) is 10.3. The SMILES string of the molecule is CNC(=O)c1ccccc1S(=O)(=O)[O-].[Li+]. The van der Waals surface area contributed by atoms with Crippen LogP contribution < -0.4 is 24.2 Å². The Morgan fingerprint density at radius 2 is 1.87 bits per heavy atom. The van der Waals surface area contributed by atoms with Gasteiger partial charge >= 0.3 is 18.9 Å². The summed E-state index contributed by atoms with van der Waals surface area (Å²) < 4.78 is 32.2. The van der Waals surface area contributed by atoms with Gasteiger partial charge in [0.1, 0.15) is 10.1 Å². The van der Waals surface area contributed by atoms with Gasteiger partial charge in [0, 0.05) is 7.05 Å². The molecule has 15 heavy (non-hydrogen) atoms. The van der Waals surface area contributed by atoms with E-state index in [2.05, 4.69) is 5.32 Å². The molecule has 0 aliphatic rings. The molecule has 0 aliphatic heterocycles. The molecule has 1 rings (SSSR count). The van der Waals surface area contributed by atoms with Gasteiger partial charge in [-0.2, -0.15) is 0 Å². The van der Waals surface area contributed by atoms with Gasteiger partial charge in [-0.3, -0.25) is 4.79 Å². The third kappa shape index (κ3) is 3.36. The molecule has 0 saturated carbocycles. The van der Waals surface area contributed by atoms with Crippen LogP contribution in [0.4, 0.5) is 0 Å². The molecule has 76 valence electrons. The Balaban J connectivity index is 0.00000196. The minimum Gasteiger partial charge on any atom is -0.744 e. The Hall–Kier alpha value is -0.803. The van der Waals surface area contributed by atoms with Crippen LogP contribution in [0.25, 0.3) is 0 Å². The van der Waals surface area contributed by atoms with E-state index in [9.17, 15) is 17.8 Å². The molecular formula is C8H8LiNO4S. The van der Waals surface area contributed by atoms with Gasteiger partial charge in [0.05, 0.1) is 10.5 Å². The molecule has 1 aromatic carbocycles. The van der Waals surface area contributed by atoms with E-state index in [1.165, 1.54) is 25.2 Å². The number of carbonyl (C=O) groups excluding carboxylic acids is 1. The second-order valence-electron chi connectivity index (χ2n) is 2.53. The maximum absolute atomic E-state index is 11.2. The minimum atomic E-state index is -4.60. The Morgan fingerprint density at radius 3 is 2.33 bits per heavy atom. The van der Waals surface area contributed by atoms with E-state index in [1.807, 2.05) is 0 Å². The summed E-state index contributed by atoms with van der Waals surface area (Å²) in [5.41, 5.74) is -0.134. The summed E-state index contributed by atoms with van der Waals surface area (Å²) in [6, 6.07) is 5.26. The van der Waals surface area contributed by atoms with Crippen molar-refractivity contribution in [1.82, 2.24) is 5.32 Å². The standard InChI is InChI=1S/C8H9NO4S.Li/c1-9-8(10)6-4-2-3-5-7(6)14(11,12)13;/h2-5H,1H3,(H,9,10)(H,11,12,13);/q;+1/p-1. The quantitative estimate of drug-likeness (QED) is 0.424. The van der Waals surface area contributed by atoms with E-state index >= 15 is 0 Å². The van der Waals surface area contributed by atoms with Crippen molar-refractivity contribution in [2.45, 2.75) is 4.90 Å². The third-order valence-electron chi connectivity index (χ3n) is 1.63. The molecule has 0 spiro atoms. The van der Waals surface area contributed by atoms with Gasteiger partial charge in [0.2, 0.25) is 0 Å². The molecule has 0 heterocycles. The van der Waals surface area contributed by atoms with Crippen LogP contribution in [0.3, 0.4) is 0 Å². The summed E-state index contributed by atoms with van der Waals surface area (Å²) in [6.07, 6.45) is 0. The zero-order valence-electron chi connectivity index (χ0n) is 8.35. The average molecular weight is 221 g/mol. The first kappa shape index (κ1) is 14.2. The van der Waals surface area contributed by atoms with E-state index in [0.29, 0.717) is 0 Å². The maximum atomic E-state index is 11.2. The summed E-state index contributed by atoms with van der Waals surface area (Å²) in [7, 11) is -3.24. The fraction of sp³-hybridized carbons (Fsp3) is 0.125. The van der Waals surface area contributed by atoms with E-state index in [1.54, 1.807) is 0 Å². The van der Waals surface area contributed by atoms with Gasteiger partial charge in [0.15, 0.2) is 0 Å². The van der Waals surface area contributed by atoms with Crippen molar-refractivity contribution in [3.8, 4) is 0 Å². The molecular weight excluding hydrogens is 213 g/mol. The van der Waals surface area contributed by atoms with Crippen LogP contribution in [0.15, 0.2) is 29.2 Å². The van der Waals surface area contributed by atoms with E-state index in [4.69, 9.17) is 0 Å². The van der Waals surface area contributed by atoms with Crippen molar-refractivity contribution in [2.75, 3.05) is 7.05 Å². The van der Waals surface area contributed by atoms with Crippen LogP contribution in [0.1, 0.15) is 10.4 Å². The molecule has 0 saturated heterocycles. The zero-order chi connectivity index (χ0) is 10.8. The summed E-state index contributed by atoms with van der Waals surface area (Å²) in [5.74, 6) is -0.597. The number of nitrogens with one attached hydrogen (secondary N) is 1. The summed E-state index contributed by atoms with van der Waals surface area (Å²) >= 11 is 0. The molecule has 0 bridgehead atoms. The van der Waals surface area contributed by atoms with Crippen molar-refractivity contribution < 1.29 is 36.6 Å². The number of hydrogen-bond acceptors (Lipinski definition) is 4. The fourth-order valence-electron chi connectivity index (χ4n) is 1.01. The van der Waals surface area contributed by atoms with E-state index in [0.717, 1.165) is 6.07 Å². The van der Waals surface area contributed by atoms with Gasteiger partial charge in [-0.1, -0.05) is 12.1 Å². The summed E-state index contributed by atoms with van der Waals surface area (Å²) in [5, 5.41) is 2.25. The van der Waals surface area contributed by atoms with Crippen LogP contribution in [0.5, 0.6) is 0 Å². The minimum absolute atomic E-state index is 0. The van der Waals surface area contributed by atoms with Crippen molar-refractivity contribution in [2.24, 2.45) is 0 Å². The molecule has 0 aromatic heterocycles. The first-order valence-corrected chi connectivity index (χ1v) is 5.14. The van der Waals surface area contributed by atoms with Gasteiger partial charge in [-0.05, 0) is 12.1 Å². The van der Waals surface area contributed by atoms with Crippen LogP contribution in [-0.2, 0) is 10.1 Å². The van der Waals surface area contributed by atoms with Gasteiger partial charge in [-0.15, -0.1) is 0 Å². The molecule has 1 aromatic rings. The monoisotopic (exact) mass is 221 g/mol. The Kier molecular flexibility index (Phi) is 5.04. The van der Waals surface area contributed by atoms with Crippen LogP contribution >= 0.6 is 0 Å². The molecule has 1 N–H and O–H groups in total. The Bertz CT molecular complexity index is 457. The van der Waals surface area contributed by atoms with Gasteiger partial charge in [0.25, 0.3) is 5.91 Å². The third-order valence-corrected chi connectivity index (χ3v) is 2.52. The smallest absolute Gasteiger partial charge is 0.744 e. The number of rotatable bonds is 2. The molecule has 7 heteroatoms. The first-order chi connectivity index (χ1) is 6.46. The van der Waals surface area contributed by atoms with Gasteiger partial charge < -0.3 is 9.87 Å². The van der Waals surface area contributed by atoms with Crippen LogP contribution in [-0.4, -0.2) is 25.9 Å². The average Bonchev–Trinajstić information content (AvgIpc) is 2.15. The van der Waals surface area contributed by atoms with E-state index in [-0.39, 0.29) is 24.4 Å². The number of carbonyl (C=O) groups is 1. The molecule has 0 radical (unpaired) electrons. The second-order valence-corrected chi connectivity index (χ2v) is 3.88. The zero-order valence-corrected chi connectivity index (χ0v) is 9.17. The molecule has 1 amide bonds. The summed E-state index contributed by atoms with van der Waals surface area (Å²) in [4.78, 5) is 10.7. The predicted octanol–water partition coefficient (Wildman–Crippen LogP) is -3.05. The van der Waals surface area contributed by atoms with Crippen molar-refractivity contribution in [3.05, 3.63) is 29.8 Å². The topological polar surface area (TPSA) is 86.3 Å². The van der Waals surface area contributed by atoms with E-state index < -0.39 is 20.9 Å². The number of hydrogen-bond donors (Lipinski definition) is 1. The predicted molar refractivity (Wildman–Crippen MR) is 47.8 cm³/mol. The fourth-order valence-corrected chi connectivity index (χ4v) is 1.68. The number of benzene rings is 1. The maximum Gasteiger partial charge on any atom is 1.00 e. The molecule has 0 fully saturated rings. The molecule has 5 nitrogen and oxygen atoms in total. The van der Waals surface area contributed by atoms with Crippen molar-refractivity contribution >= 4 is 16.0 Å². The molecule has 0 atom stereocenters. The largest absolute Gasteiger partial charge is 1.00 e. The molecule has 0 aliphatic carbocycles. The van der Waals surface area contributed by atoms with Crippen LogP contribution in [0.2, 0.25) is 0 Å². The van der Waals surface area contributed by atoms with Gasteiger partial charge in [-0.25, -0.2) is 8.42 Å². The second kappa shape index (κ2) is 5.33. The Labute approximate surface area is 99.8 Å². The van der Waals surface area contributed by atoms with Crippen molar-refractivity contribution in [3.63, 3.8) is 0 Å². The first-order valence-electron chi connectivity index (χ1n) is 3.74. The van der Waals surface area contributed by atoms with Crippen molar-refractivity contribution in [1.29, 1.82) is 0 Å². The summed E-state index contributed by atoms with van der Waals surface area (Å²) in [6.45, 7) is 0. The van der Waals surface area contributed by atoms with Crippen LogP contribution in [0, 0.1) is 0 Å².